The van der Waals surface area contributed by atoms with E-state index in [1.54, 1.807) is 30.7 Å². The summed E-state index contributed by atoms with van der Waals surface area (Å²) in [7, 11) is 0. The monoisotopic (exact) mass is 334 g/mol. The van der Waals surface area contributed by atoms with Crippen LogP contribution in [0.5, 0.6) is 6.01 Å². The summed E-state index contributed by atoms with van der Waals surface area (Å²) in [6.07, 6.45) is 5.04. The number of nitrogens with zero attached hydrogens (tertiary/aromatic N) is 3. The van der Waals surface area contributed by atoms with Gasteiger partial charge >= 0.3 is 6.01 Å². The molecule has 0 aliphatic heterocycles. The molecule has 6 heteroatoms. The van der Waals surface area contributed by atoms with Crippen molar-refractivity contribution in [1.82, 2.24) is 20.3 Å². The van der Waals surface area contributed by atoms with E-state index >= 15 is 0 Å². The minimum atomic E-state index is -0.130. The normalized spacial score (nSPS) is 10.3. The molecule has 0 radical (unpaired) electrons. The first kappa shape index (κ1) is 16.6. The predicted molar refractivity (Wildman–Crippen MR) is 94.3 cm³/mol. The Labute approximate surface area is 145 Å². The highest BCUT2D eigenvalue weighted by atomic mass is 16.5. The quantitative estimate of drug-likeness (QED) is 0.701. The molecule has 25 heavy (non-hydrogen) atoms. The number of amides is 1. The van der Waals surface area contributed by atoms with Gasteiger partial charge in [-0.05, 0) is 31.2 Å². The number of benzene rings is 1. The van der Waals surface area contributed by atoms with Gasteiger partial charge < -0.3 is 10.1 Å². The molecule has 3 rings (SSSR count). The number of nitrogens with one attached hydrogen (secondary N) is 1. The number of carbonyl (C=O) groups is 1. The first-order valence-corrected chi connectivity index (χ1v) is 7.93. The lowest BCUT2D eigenvalue weighted by molar-refractivity contribution is 0.0946. The van der Waals surface area contributed by atoms with Crippen LogP contribution in [-0.4, -0.2) is 34.0 Å². The lowest BCUT2D eigenvalue weighted by Gasteiger charge is -2.07. The molecule has 1 amide bonds. The molecule has 0 saturated carbocycles. The number of hydrogen-bond donors (Lipinski definition) is 1. The maximum Gasteiger partial charge on any atom is 0.316 e. The average Bonchev–Trinajstić information content (AvgIpc) is 2.67. The van der Waals surface area contributed by atoms with Crippen LogP contribution in [0.25, 0.3) is 11.3 Å². The summed E-state index contributed by atoms with van der Waals surface area (Å²) in [4.78, 5) is 24.5. The zero-order valence-electron chi connectivity index (χ0n) is 13.8. The lowest BCUT2D eigenvalue weighted by atomic mass is 10.1. The molecule has 0 aliphatic carbocycles. The van der Waals surface area contributed by atoms with Crippen LogP contribution < -0.4 is 10.1 Å². The summed E-state index contributed by atoms with van der Waals surface area (Å²) in [6.45, 7) is 2.65. The second-order valence-electron chi connectivity index (χ2n) is 5.44. The second-order valence-corrected chi connectivity index (χ2v) is 5.44. The topological polar surface area (TPSA) is 77.0 Å². The Kier molecular flexibility index (Phi) is 5.31. The van der Waals surface area contributed by atoms with Crippen LogP contribution in [0.1, 0.15) is 15.9 Å². The Hall–Kier alpha value is -3.28. The van der Waals surface area contributed by atoms with Gasteiger partial charge in [-0.25, -0.2) is 9.97 Å². The van der Waals surface area contributed by atoms with Crippen LogP contribution in [0.4, 0.5) is 0 Å². The summed E-state index contributed by atoms with van der Waals surface area (Å²) in [5.41, 5.74) is 3.37. The van der Waals surface area contributed by atoms with Gasteiger partial charge in [-0.15, -0.1) is 0 Å². The van der Waals surface area contributed by atoms with Crippen molar-refractivity contribution < 1.29 is 9.53 Å². The van der Waals surface area contributed by atoms with E-state index in [1.165, 1.54) is 0 Å². The van der Waals surface area contributed by atoms with E-state index in [0.717, 1.165) is 16.8 Å². The molecule has 0 atom stereocenters. The van der Waals surface area contributed by atoms with Gasteiger partial charge in [0.05, 0.1) is 12.2 Å². The molecule has 0 spiro atoms. The van der Waals surface area contributed by atoms with Gasteiger partial charge in [0.25, 0.3) is 5.91 Å². The third-order valence-corrected chi connectivity index (χ3v) is 3.52. The van der Waals surface area contributed by atoms with Crippen LogP contribution in [0.2, 0.25) is 0 Å². The molecule has 0 fully saturated rings. The highest BCUT2D eigenvalue weighted by Crippen LogP contribution is 2.14. The number of ether oxygens (including phenoxy) is 1. The third kappa shape index (κ3) is 4.60. The molecule has 0 unspecified atom stereocenters. The van der Waals surface area contributed by atoms with Crippen molar-refractivity contribution >= 4 is 5.91 Å². The van der Waals surface area contributed by atoms with Crippen molar-refractivity contribution in [2.45, 2.75) is 6.92 Å². The van der Waals surface area contributed by atoms with E-state index in [9.17, 15) is 4.79 Å². The average molecular weight is 334 g/mol. The SMILES string of the molecule is Cc1ccc(C(=O)NCCOc2ncc(-c3ccccn3)cn2)cc1. The smallest absolute Gasteiger partial charge is 0.316 e. The Balaban J connectivity index is 1.46. The Morgan fingerprint density at radius 2 is 1.80 bits per heavy atom. The molecule has 0 aliphatic rings. The highest BCUT2D eigenvalue weighted by molar-refractivity contribution is 5.94. The van der Waals surface area contributed by atoms with Crippen molar-refractivity contribution in [3.05, 3.63) is 72.2 Å². The fourth-order valence-electron chi connectivity index (χ4n) is 2.17. The van der Waals surface area contributed by atoms with E-state index in [2.05, 4.69) is 20.3 Å². The first-order valence-electron chi connectivity index (χ1n) is 7.93. The van der Waals surface area contributed by atoms with Crippen LogP contribution >= 0.6 is 0 Å². The summed E-state index contributed by atoms with van der Waals surface area (Å²) >= 11 is 0. The van der Waals surface area contributed by atoms with Crippen LogP contribution in [0, 0.1) is 6.92 Å². The van der Waals surface area contributed by atoms with Crippen molar-refractivity contribution in [1.29, 1.82) is 0 Å². The number of pyridine rings is 1. The number of rotatable bonds is 6. The molecule has 1 N–H and O–H groups in total. The van der Waals surface area contributed by atoms with E-state index in [1.807, 2.05) is 37.3 Å². The minimum absolute atomic E-state index is 0.130. The van der Waals surface area contributed by atoms with E-state index in [0.29, 0.717) is 18.7 Å². The Bertz CT molecular complexity index is 818. The van der Waals surface area contributed by atoms with Gasteiger partial charge in [-0.1, -0.05) is 23.8 Å². The molecule has 126 valence electrons. The number of aryl methyl sites for hydroxylation is 1. The third-order valence-electron chi connectivity index (χ3n) is 3.52. The molecule has 2 aromatic heterocycles. The fourth-order valence-corrected chi connectivity index (χ4v) is 2.17. The molecule has 3 aromatic rings. The molecule has 0 saturated heterocycles. The summed E-state index contributed by atoms with van der Waals surface area (Å²) in [6, 6.07) is 13.3. The second kappa shape index (κ2) is 8.01. The molecule has 6 nitrogen and oxygen atoms in total. The van der Waals surface area contributed by atoms with Gasteiger partial charge in [-0.3, -0.25) is 9.78 Å². The van der Waals surface area contributed by atoms with Crippen molar-refractivity contribution in [2.24, 2.45) is 0 Å². The van der Waals surface area contributed by atoms with Gasteiger partial charge in [0, 0.05) is 29.7 Å². The fraction of sp³-hybridized carbons (Fsp3) is 0.158. The van der Waals surface area contributed by atoms with Gasteiger partial charge in [0.15, 0.2) is 0 Å². The molecule has 2 heterocycles. The van der Waals surface area contributed by atoms with E-state index < -0.39 is 0 Å². The molecular formula is C19H18N4O2. The summed E-state index contributed by atoms with van der Waals surface area (Å²) < 4.78 is 5.44. The molecular weight excluding hydrogens is 316 g/mol. The molecule has 0 bridgehead atoms. The predicted octanol–water partition coefficient (Wildman–Crippen LogP) is 2.66. The minimum Gasteiger partial charge on any atom is -0.462 e. The Morgan fingerprint density at radius 3 is 2.48 bits per heavy atom. The van der Waals surface area contributed by atoms with Gasteiger partial charge in [-0.2, -0.15) is 0 Å². The maximum absolute atomic E-state index is 12.0. The maximum atomic E-state index is 12.0. The van der Waals surface area contributed by atoms with Gasteiger partial charge in [0.2, 0.25) is 0 Å². The van der Waals surface area contributed by atoms with E-state index in [4.69, 9.17) is 4.74 Å². The van der Waals surface area contributed by atoms with Crippen LogP contribution in [0.15, 0.2) is 61.1 Å². The Morgan fingerprint density at radius 1 is 1.04 bits per heavy atom. The highest BCUT2D eigenvalue weighted by Gasteiger charge is 2.05. The van der Waals surface area contributed by atoms with E-state index in [-0.39, 0.29) is 11.9 Å². The molecule has 1 aromatic carbocycles. The largest absolute Gasteiger partial charge is 0.462 e. The van der Waals surface area contributed by atoms with Crippen LogP contribution in [0.3, 0.4) is 0 Å². The van der Waals surface area contributed by atoms with Crippen molar-refractivity contribution in [2.75, 3.05) is 13.2 Å². The number of carbonyl (C=O) groups excluding carboxylic acids is 1. The first-order chi connectivity index (χ1) is 12.2. The van der Waals surface area contributed by atoms with Gasteiger partial charge in [0.1, 0.15) is 6.61 Å². The zero-order chi connectivity index (χ0) is 17.5. The number of aromatic nitrogens is 3. The summed E-state index contributed by atoms with van der Waals surface area (Å²) in [5.74, 6) is -0.130. The standard InChI is InChI=1S/C19H18N4O2/c1-14-5-7-15(8-6-14)18(24)21-10-11-25-19-22-12-16(13-23-19)17-4-2-3-9-20-17/h2-9,12-13H,10-11H2,1H3,(H,21,24). The lowest BCUT2D eigenvalue weighted by Crippen LogP contribution is -2.28. The summed E-state index contributed by atoms with van der Waals surface area (Å²) in [5, 5.41) is 2.80. The van der Waals surface area contributed by atoms with Crippen LogP contribution in [-0.2, 0) is 0 Å². The zero-order valence-corrected chi connectivity index (χ0v) is 13.8. The van der Waals surface area contributed by atoms with Crippen molar-refractivity contribution in [3.8, 4) is 17.3 Å². The number of hydrogen-bond acceptors (Lipinski definition) is 5. The van der Waals surface area contributed by atoms with Crippen molar-refractivity contribution in [3.63, 3.8) is 0 Å².